The number of rotatable bonds is 9. The highest BCUT2D eigenvalue weighted by molar-refractivity contribution is 7.89. The van der Waals surface area contributed by atoms with Gasteiger partial charge in [0.05, 0.1) is 11.3 Å². The highest BCUT2D eigenvalue weighted by Crippen LogP contribution is 2.10. The van der Waals surface area contributed by atoms with Gasteiger partial charge in [-0.05, 0) is 30.8 Å². The SMILES string of the molecule is CCN(CC)CCNS(=O)(=O)c1ccc(CC(=O)O)cc1. The Morgan fingerprint density at radius 1 is 1.19 bits per heavy atom. The number of benzene rings is 1. The fraction of sp³-hybridized carbons (Fsp3) is 0.500. The van der Waals surface area contributed by atoms with Crippen LogP contribution >= 0.6 is 0 Å². The van der Waals surface area contributed by atoms with Crippen LogP contribution in [0.4, 0.5) is 0 Å². The minimum absolute atomic E-state index is 0.115. The Morgan fingerprint density at radius 2 is 1.76 bits per heavy atom. The Morgan fingerprint density at radius 3 is 2.24 bits per heavy atom. The van der Waals surface area contributed by atoms with Crippen LogP contribution in [0.5, 0.6) is 0 Å². The molecule has 0 aliphatic heterocycles. The summed E-state index contributed by atoms with van der Waals surface area (Å²) < 4.78 is 26.7. The number of nitrogens with zero attached hydrogens (tertiary/aromatic N) is 1. The summed E-state index contributed by atoms with van der Waals surface area (Å²) in [4.78, 5) is 12.9. The second-order valence-corrected chi connectivity index (χ2v) is 6.41. The van der Waals surface area contributed by atoms with E-state index in [4.69, 9.17) is 5.11 Å². The van der Waals surface area contributed by atoms with E-state index in [2.05, 4.69) is 9.62 Å². The van der Waals surface area contributed by atoms with Gasteiger partial charge in [-0.3, -0.25) is 4.79 Å². The van der Waals surface area contributed by atoms with E-state index in [1.165, 1.54) is 24.3 Å². The first kappa shape index (κ1) is 17.6. The molecule has 0 radical (unpaired) electrons. The fourth-order valence-electron chi connectivity index (χ4n) is 1.92. The van der Waals surface area contributed by atoms with Crippen LogP contribution in [-0.2, 0) is 21.2 Å². The number of aliphatic carboxylic acids is 1. The lowest BCUT2D eigenvalue weighted by Crippen LogP contribution is -2.34. The first-order chi connectivity index (χ1) is 9.89. The second-order valence-electron chi connectivity index (χ2n) is 4.64. The van der Waals surface area contributed by atoms with Crippen LogP contribution in [0, 0.1) is 0 Å². The van der Waals surface area contributed by atoms with Crippen molar-refractivity contribution in [1.82, 2.24) is 9.62 Å². The van der Waals surface area contributed by atoms with Crippen molar-refractivity contribution in [3.05, 3.63) is 29.8 Å². The first-order valence-corrected chi connectivity index (χ1v) is 8.40. The molecule has 6 nitrogen and oxygen atoms in total. The molecule has 0 aliphatic carbocycles. The molecule has 21 heavy (non-hydrogen) atoms. The normalized spacial score (nSPS) is 11.8. The number of carbonyl (C=O) groups is 1. The van der Waals surface area contributed by atoms with Crippen molar-refractivity contribution in [1.29, 1.82) is 0 Å². The molecule has 1 aromatic rings. The maximum Gasteiger partial charge on any atom is 0.307 e. The van der Waals surface area contributed by atoms with Gasteiger partial charge in [0.15, 0.2) is 0 Å². The molecule has 118 valence electrons. The Labute approximate surface area is 125 Å². The Bertz CT molecular complexity index is 551. The average molecular weight is 314 g/mol. The summed E-state index contributed by atoms with van der Waals surface area (Å²) in [6, 6.07) is 5.90. The van der Waals surface area contributed by atoms with Gasteiger partial charge >= 0.3 is 5.97 Å². The minimum Gasteiger partial charge on any atom is -0.481 e. The summed E-state index contributed by atoms with van der Waals surface area (Å²) >= 11 is 0. The van der Waals surface area contributed by atoms with E-state index in [0.29, 0.717) is 18.7 Å². The van der Waals surface area contributed by atoms with Crippen LogP contribution in [0.3, 0.4) is 0 Å². The highest BCUT2D eigenvalue weighted by atomic mass is 32.2. The second kappa shape index (κ2) is 8.11. The van der Waals surface area contributed by atoms with Gasteiger partial charge in [-0.2, -0.15) is 0 Å². The van der Waals surface area contributed by atoms with Crippen molar-refractivity contribution in [2.45, 2.75) is 25.2 Å². The van der Waals surface area contributed by atoms with Crippen LogP contribution in [0.2, 0.25) is 0 Å². The number of nitrogens with one attached hydrogen (secondary N) is 1. The molecule has 0 saturated carbocycles. The van der Waals surface area contributed by atoms with Gasteiger partial charge in [-0.1, -0.05) is 26.0 Å². The van der Waals surface area contributed by atoms with Gasteiger partial charge in [-0.25, -0.2) is 13.1 Å². The number of sulfonamides is 1. The zero-order valence-corrected chi connectivity index (χ0v) is 13.2. The third-order valence-electron chi connectivity index (χ3n) is 3.20. The van der Waals surface area contributed by atoms with Gasteiger partial charge in [-0.15, -0.1) is 0 Å². The molecule has 0 aliphatic rings. The predicted octanol–water partition coefficient (Wildman–Crippen LogP) is 0.934. The van der Waals surface area contributed by atoms with Crippen LogP contribution in [0.1, 0.15) is 19.4 Å². The summed E-state index contributed by atoms with van der Waals surface area (Å²) in [5, 5.41) is 8.68. The number of hydrogen-bond acceptors (Lipinski definition) is 4. The molecular formula is C14H22N2O4S. The highest BCUT2D eigenvalue weighted by Gasteiger charge is 2.14. The molecule has 1 aromatic carbocycles. The van der Waals surface area contributed by atoms with Crippen LogP contribution in [0.25, 0.3) is 0 Å². The lowest BCUT2D eigenvalue weighted by Gasteiger charge is -2.18. The van der Waals surface area contributed by atoms with E-state index in [9.17, 15) is 13.2 Å². The molecule has 7 heteroatoms. The number of hydrogen-bond donors (Lipinski definition) is 2. The average Bonchev–Trinajstić information content (AvgIpc) is 2.43. The van der Waals surface area contributed by atoms with Crippen molar-refractivity contribution in [3.63, 3.8) is 0 Å². The molecule has 0 spiro atoms. The lowest BCUT2D eigenvalue weighted by atomic mass is 10.2. The summed E-state index contributed by atoms with van der Waals surface area (Å²) in [6.45, 7) is 6.81. The van der Waals surface area contributed by atoms with Gasteiger partial charge in [0, 0.05) is 13.1 Å². The Kier molecular flexibility index (Phi) is 6.80. The molecule has 0 aromatic heterocycles. The summed E-state index contributed by atoms with van der Waals surface area (Å²) in [5.74, 6) is -0.942. The van der Waals surface area contributed by atoms with Gasteiger partial charge < -0.3 is 10.0 Å². The van der Waals surface area contributed by atoms with Gasteiger partial charge in [0.1, 0.15) is 0 Å². The van der Waals surface area contributed by atoms with Crippen LogP contribution in [-0.4, -0.2) is 50.6 Å². The van der Waals surface area contributed by atoms with E-state index in [-0.39, 0.29) is 11.3 Å². The van der Waals surface area contributed by atoms with E-state index in [1.54, 1.807) is 0 Å². The van der Waals surface area contributed by atoms with Crippen molar-refractivity contribution < 1.29 is 18.3 Å². The van der Waals surface area contributed by atoms with E-state index in [0.717, 1.165) is 13.1 Å². The number of likely N-dealkylation sites (N-methyl/N-ethyl adjacent to an activating group) is 1. The zero-order chi connectivity index (χ0) is 15.9. The molecule has 0 amide bonds. The molecule has 1 rings (SSSR count). The lowest BCUT2D eigenvalue weighted by molar-refractivity contribution is -0.136. The predicted molar refractivity (Wildman–Crippen MR) is 80.8 cm³/mol. The minimum atomic E-state index is -3.54. The Hall–Kier alpha value is -1.44. The first-order valence-electron chi connectivity index (χ1n) is 6.91. The summed E-state index contributed by atoms with van der Waals surface area (Å²) in [6.07, 6.45) is -0.115. The molecule has 0 unspecified atom stereocenters. The Balaban J connectivity index is 2.63. The van der Waals surface area contributed by atoms with E-state index in [1.807, 2.05) is 13.8 Å². The van der Waals surface area contributed by atoms with E-state index < -0.39 is 16.0 Å². The van der Waals surface area contributed by atoms with Crippen molar-refractivity contribution >= 4 is 16.0 Å². The van der Waals surface area contributed by atoms with Crippen LogP contribution < -0.4 is 4.72 Å². The zero-order valence-electron chi connectivity index (χ0n) is 12.4. The molecule has 0 saturated heterocycles. The molecule has 0 heterocycles. The van der Waals surface area contributed by atoms with Gasteiger partial charge in [0.2, 0.25) is 10.0 Å². The van der Waals surface area contributed by atoms with Crippen LogP contribution in [0.15, 0.2) is 29.2 Å². The maximum atomic E-state index is 12.1. The molecular weight excluding hydrogens is 292 g/mol. The fourth-order valence-corrected chi connectivity index (χ4v) is 2.94. The number of carboxylic acids is 1. The third-order valence-corrected chi connectivity index (χ3v) is 4.68. The third kappa shape index (κ3) is 5.82. The van der Waals surface area contributed by atoms with Gasteiger partial charge in [0.25, 0.3) is 0 Å². The monoisotopic (exact) mass is 314 g/mol. The molecule has 0 atom stereocenters. The molecule has 2 N–H and O–H groups in total. The summed E-state index contributed by atoms with van der Waals surface area (Å²) in [7, 11) is -3.54. The summed E-state index contributed by atoms with van der Waals surface area (Å²) in [5.41, 5.74) is 0.574. The standard InChI is InChI=1S/C14H22N2O4S/c1-3-16(4-2)10-9-15-21(19,20)13-7-5-12(6-8-13)11-14(17)18/h5-8,15H,3-4,9-11H2,1-2H3,(H,17,18). The molecule has 0 bridgehead atoms. The largest absolute Gasteiger partial charge is 0.481 e. The molecule has 0 fully saturated rings. The van der Waals surface area contributed by atoms with Crippen molar-refractivity contribution in [2.75, 3.05) is 26.2 Å². The number of carboxylic acid groups (broad SMARTS) is 1. The van der Waals surface area contributed by atoms with E-state index >= 15 is 0 Å². The quantitative estimate of drug-likeness (QED) is 0.708. The van der Waals surface area contributed by atoms with Crippen molar-refractivity contribution in [2.24, 2.45) is 0 Å². The maximum absolute atomic E-state index is 12.1. The van der Waals surface area contributed by atoms with Crippen molar-refractivity contribution in [3.8, 4) is 0 Å². The smallest absolute Gasteiger partial charge is 0.307 e. The topological polar surface area (TPSA) is 86.7 Å².